The molecule has 2 amide bonds. The second-order valence-electron chi connectivity index (χ2n) is 9.57. The summed E-state index contributed by atoms with van der Waals surface area (Å²) in [6, 6.07) is 3.66. The van der Waals surface area contributed by atoms with Crippen molar-refractivity contribution >= 4 is 12.0 Å². The van der Waals surface area contributed by atoms with Crippen LogP contribution in [0.1, 0.15) is 47.7 Å². The molecule has 4 aliphatic rings. The molecule has 0 spiro atoms. The number of rotatable bonds is 6. The zero-order valence-corrected chi connectivity index (χ0v) is 18.5. The minimum absolute atomic E-state index is 0.0264. The Balaban J connectivity index is 1.31. The van der Waals surface area contributed by atoms with Crippen molar-refractivity contribution in [3.63, 3.8) is 0 Å². The molecule has 9 heteroatoms. The Bertz CT molecular complexity index is 884. The molecule has 1 saturated carbocycles. The van der Waals surface area contributed by atoms with Crippen molar-refractivity contribution in [2.24, 2.45) is 11.8 Å². The quantitative estimate of drug-likeness (QED) is 0.716. The van der Waals surface area contributed by atoms with E-state index >= 15 is 0 Å². The third kappa shape index (κ3) is 4.15. The molecule has 1 N–H and O–H groups in total. The lowest BCUT2D eigenvalue weighted by Crippen LogP contribution is -2.44. The van der Waals surface area contributed by atoms with Crippen LogP contribution in [0, 0.1) is 11.8 Å². The molecule has 3 aliphatic heterocycles. The van der Waals surface area contributed by atoms with Gasteiger partial charge in [-0.25, -0.2) is 9.78 Å². The molecule has 1 aromatic rings. The van der Waals surface area contributed by atoms with Crippen LogP contribution in [0.2, 0.25) is 0 Å². The smallest absolute Gasteiger partial charge is 0.407 e. The van der Waals surface area contributed by atoms with Gasteiger partial charge in [-0.05, 0) is 37.7 Å². The van der Waals surface area contributed by atoms with E-state index in [1.54, 1.807) is 18.1 Å². The second kappa shape index (κ2) is 8.51. The third-order valence-corrected chi connectivity index (χ3v) is 7.38. The van der Waals surface area contributed by atoms with E-state index in [-0.39, 0.29) is 18.4 Å². The van der Waals surface area contributed by atoms with Gasteiger partial charge in [-0.15, -0.1) is 0 Å². The molecule has 5 rings (SSSR count). The van der Waals surface area contributed by atoms with Crippen molar-refractivity contribution in [3.05, 3.63) is 23.4 Å². The molecule has 32 heavy (non-hydrogen) atoms. The Kier molecular flexibility index (Phi) is 5.71. The number of hydrogen-bond acceptors (Lipinski definition) is 6. The van der Waals surface area contributed by atoms with Crippen LogP contribution in [0.5, 0.6) is 5.88 Å². The molecule has 3 saturated heterocycles. The van der Waals surface area contributed by atoms with Crippen molar-refractivity contribution in [1.82, 2.24) is 14.8 Å². The van der Waals surface area contributed by atoms with E-state index < -0.39 is 11.7 Å². The predicted molar refractivity (Wildman–Crippen MR) is 114 cm³/mol. The fourth-order valence-electron chi connectivity index (χ4n) is 5.21. The van der Waals surface area contributed by atoms with E-state index in [9.17, 15) is 14.7 Å². The van der Waals surface area contributed by atoms with E-state index in [0.717, 1.165) is 44.6 Å². The predicted octanol–water partition coefficient (Wildman–Crippen LogP) is 2.22. The summed E-state index contributed by atoms with van der Waals surface area (Å²) < 4.78 is 17.2. The maximum atomic E-state index is 13.4. The average Bonchev–Trinajstić information content (AvgIpc) is 3.50. The van der Waals surface area contributed by atoms with Gasteiger partial charge < -0.3 is 29.1 Å². The van der Waals surface area contributed by atoms with E-state index in [1.165, 1.54) is 4.90 Å². The first-order valence-electron chi connectivity index (χ1n) is 11.5. The zero-order valence-electron chi connectivity index (χ0n) is 18.5. The highest BCUT2D eigenvalue weighted by molar-refractivity contribution is 5.95. The van der Waals surface area contributed by atoms with Gasteiger partial charge in [0.25, 0.3) is 5.91 Å². The Morgan fingerprint density at radius 2 is 1.88 bits per heavy atom. The number of fused-ring (bicyclic) bond motifs is 1. The molecular weight excluding hydrogens is 414 g/mol. The zero-order chi connectivity index (χ0) is 22.3. The van der Waals surface area contributed by atoms with Gasteiger partial charge in [0.05, 0.1) is 19.7 Å². The van der Waals surface area contributed by atoms with Crippen LogP contribution in [-0.4, -0.2) is 90.6 Å². The van der Waals surface area contributed by atoms with Crippen LogP contribution in [0.3, 0.4) is 0 Å². The van der Waals surface area contributed by atoms with Gasteiger partial charge in [0.2, 0.25) is 5.88 Å². The summed E-state index contributed by atoms with van der Waals surface area (Å²) in [5, 5.41) is 9.36. The SMILES string of the molecule is COC12CN(C(=O)O)CC1CN(C(=O)c1cc(OCC3CCOCC3)nc(C3CC3)c1)C2. The van der Waals surface area contributed by atoms with Crippen molar-refractivity contribution in [1.29, 1.82) is 0 Å². The minimum atomic E-state index is -0.941. The number of aromatic nitrogens is 1. The van der Waals surface area contributed by atoms with Gasteiger partial charge in [-0.3, -0.25) is 4.79 Å². The van der Waals surface area contributed by atoms with Crippen LogP contribution in [-0.2, 0) is 9.47 Å². The lowest BCUT2D eigenvalue weighted by atomic mass is 9.95. The summed E-state index contributed by atoms with van der Waals surface area (Å²) in [6.45, 7) is 3.66. The highest BCUT2D eigenvalue weighted by Gasteiger charge is 2.55. The molecule has 0 aromatic carbocycles. The van der Waals surface area contributed by atoms with Gasteiger partial charge in [0.15, 0.2) is 0 Å². The van der Waals surface area contributed by atoms with Crippen molar-refractivity contribution in [2.75, 3.05) is 53.1 Å². The minimum Gasteiger partial charge on any atom is -0.477 e. The molecule has 9 nitrogen and oxygen atoms in total. The Morgan fingerprint density at radius 1 is 1.16 bits per heavy atom. The number of carbonyl (C=O) groups is 2. The van der Waals surface area contributed by atoms with Crippen LogP contribution in [0.15, 0.2) is 12.1 Å². The summed E-state index contributed by atoms with van der Waals surface area (Å²) in [7, 11) is 1.60. The van der Waals surface area contributed by atoms with Crippen LogP contribution >= 0.6 is 0 Å². The summed E-state index contributed by atoms with van der Waals surface area (Å²) in [6.07, 6.45) is 3.20. The van der Waals surface area contributed by atoms with Gasteiger partial charge in [0.1, 0.15) is 5.60 Å². The Hall–Kier alpha value is -2.39. The highest BCUT2D eigenvalue weighted by Crippen LogP contribution is 2.41. The van der Waals surface area contributed by atoms with E-state index in [2.05, 4.69) is 4.98 Å². The molecule has 4 heterocycles. The number of methoxy groups -OCH3 is 1. The first-order chi connectivity index (χ1) is 15.5. The Morgan fingerprint density at radius 3 is 2.53 bits per heavy atom. The largest absolute Gasteiger partial charge is 0.477 e. The number of hydrogen-bond donors (Lipinski definition) is 1. The van der Waals surface area contributed by atoms with Gasteiger partial charge in [0, 0.05) is 62.6 Å². The number of likely N-dealkylation sites (tertiary alicyclic amines) is 2. The number of pyridine rings is 1. The molecule has 1 aliphatic carbocycles. The normalized spacial score (nSPS) is 28.1. The Labute approximate surface area is 187 Å². The monoisotopic (exact) mass is 445 g/mol. The lowest BCUT2D eigenvalue weighted by molar-refractivity contribution is -0.0110. The first kappa shape index (κ1) is 21.5. The average molecular weight is 446 g/mol. The molecule has 174 valence electrons. The molecule has 0 radical (unpaired) electrons. The fraction of sp³-hybridized carbons (Fsp3) is 0.696. The standard InChI is InChI=1S/C23H31N3O6/c1-30-23-13-25(10-18(23)11-26(14-23)22(28)29)21(27)17-8-19(16-2-3-16)24-20(9-17)32-12-15-4-6-31-7-5-15/h8-9,15-16,18H,2-7,10-14H2,1H3,(H,28,29). The van der Waals surface area contributed by atoms with Crippen LogP contribution in [0.25, 0.3) is 0 Å². The maximum Gasteiger partial charge on any atom is 0.407 e. The second-order valence-corrected chi connectivity index (χ2v) is 9.57. The number of ether oxygens (including phenoxy) is 3. The van der Waals surface area contributed by atoms with Crippen LogP contribution in [0.4, 0.5) is 4.79 Å². The highest BCUT2D eigenvalue weighted by atomic mass is 16.5. The third-order valence-electron chi connectivity index (χ3n) is 7.38. The van der Waals surface area contributed by atoms with E-state index in [4.69, 9.17) is 14.2 Å². The molecular formula is C23H31N3O6. The van der Waals surface area contributed by atoms with E-state index in [0.29, 0.717) is 49.5 Å². The summed E-state index contributed by atoms with van der Waals surface area (Å²) in [4.78, 5) is 32.7. The maximum absolute atomic E-state index is 13.4. The van der Waals surface area contributed by atoms with Crippen molar-refractivity contribution in [2.45, 2.75) is 37.2 Å². The topological polar surface area (TPSA) is 101 Å². The van der Waals surface area contributed by atoms with Gasteiger partial charge in [-0.1, -0.05) is 0 Å². The number of amides is 2. The summed E-state index contributed by atoms with van der Waals surface area (Å²) >= 11 is 0. The number of nitrogens with zero attached hydrogens (tertiary/aromatic N) is 3. The summed E-state index contributed by atoms with van der Waals surface area (Å²) in [5.41, 5.74) is 0.879. The molecule has 2 unspecified atom stereocenters. The van der Waals surface area contributed by atoms with E-state index in [1.807, 2.05) is 6.07 Å². The van der Waals surface area contributed by atoms with Gasteiger partial charge >= 0.3 is 6.09 Å². The molecule has 1 aromatic heterocycles. The van der Waals surface area contributed by atoms with Crippen LogP contribution < -0.4 is 4.74 Å². The summed E-state index contributed by atoms with van der Waals surface area (Å²) in [5.74, 6) is 1.27. The van der Waals surface area contributed by atoms with Crippen molar-refractivity contribution < 1.29 is 28.9 Å². The first-order valence-corrected chi connectivity index (χ1v) is 11.5. The molecule has 0 bridgehead atoms. The molecule has 4 fully saturated rings. The number of carboxylic acid groups (broad SMARTS) is 1. The number of carbonyl (C=O) groups excluding carboxylic acids is 1. The molecule has 2 atom stereocenters. The van der Waals surface area contributed by atoms with Gasteiger partial charge in [-0.2, -0.15) is 0 Å². The van der Waals surface area contributed by atoms with Crippen molar-refractivity contribution in [3.8, 4) is 5.88 Å². The lowest BCUT2D eigenvalue weighted by Gasteiger charge is -2.27. The fourth-order valence-corrected chi connectivity index (χ4v) is 5.21.